The lowest BCUT2D eigenvalue weighted by atomic mass is 10.2. The van der Waals surface area contributed by atoms with Gasteiger partial charge < -0.3 is 9.67 Å². The van der Waals surface area contributed by atoms with Crippen molar-refractivity contribution < 1.29 is 10.0 Å². The predicted octanol–water partition coefficient (Wildman–Crippen LogP) is 3.30. The molecular formula is C16H12N2O4S. The summed E-state index contributed by atoms with van der Waals surface area (Å²) < 4.78 is 1.47. The van der Waals surface area contributed by atoms with Crippen molar-refractivity contribution in [2.24, 2.45) is 7.05 Å². The quantitative estimate of drug-likeness (QED) is 0.589. The monoisotopic (exact) mass is 328 g/mol. The predicted molar refractivity (Wildman–Crippen MR) is 88.1 cm³/mol. The zero-order valence-electron chi connectivity index (χ0n) is 12.1. The number of para-hydroxylation sites is 1. The van der Waals surface area contributed by atoms with Crippen LogP contribution in [0, 0.1) is 10.1 Å². The maximum Gasteiger partial charge on any atom is 0.269 e. The van der Waals surface area contributed by atoms with E-state index in [0.717, 1.165) is 11.8 Å². The number of nitro groups is 1. The summed E-state index contributed by atoms with van der Waals surface area (Å²) in [5.41, 5.74) is 0.303. The molecule has 0 saturated heterocycles. The van der Waals surface area contributed by atoms with E-state index in [0.29, 0.717) is 15.8 Å². The molecule has 0 saturated carbocycles. The lowest BCUT2D eigenvalue weighted by molar-refractivity contribution is -0.384. The standard InChI is InChI=1S/C16H12N2O4S/c1-17-13-5-3-2-4-12(13)14(19)15(16(17)20)23-11-8-6-10(7-9-11)18(21)22/h2-9,19H,1H3. The number of aromatic hydroxyl groups is 1. The Kier molecular flexibility index (Phi) is 3.79. The van der Waals surface area contributed by atoms with Gasteiger partial charge in [0, 0.05) is 29.5 Å². The molecule has 0 spiro atoms. The normalized spacial score (nSPS) is 10.8. The Hall–Kier alpha value is -2.80. The van der Waals surface area contributed by atoms with E-state index in [-0.39, 0.29) is 21.9 Å². The van der Waals surface area contributed by atoms with Crippen LogP contribution in [0.25, 0.3) is 10.9 Å². The van der Waals surface area contributed by atoms with Crippen LogP contribution in [0.3, 0.4) is 0 Å². The van der Waals surface area contributed by atoms with Gasteiger partial charge in [-0.1, -0.05) is 23.9 Å². The number of pyridine rings is 1. The van der Waals surface area contributed by atoms with Crippen molar-refractivity contribution in [1.29, 1.82) is 0 Å². The summed E-state index contributed by atoms with van der Waals surface area (Å²) in [5.74, 6) is -0.0768. The van der Waals surface area contributed by atoms with Crippen LogP contribution in [0.15, 0.2) is 63.1 Å². The fourth-order valence-corrected chi connectivity index (χ4v) is 3.24. The lowest BCUT2D eigenvalue weighted by Gasteiger charge is -2.11. The van der Waals surface area contributed by atoms with Crippen molar-refractivity contribution in [2.75, 3.05) is 0 Å². The zero-order chi connectivity index (χ0) is 16.6. The van der Waals surface area contributed by atoms with Gasteiger partial charge >= 0.3 is 0 Å². The summed E-state index contributed by atoms with van der Waals surface area (Å²) in [7, 11) is 1.64. The molecule has 0 aliphatic rings. The number of nitrogens with zero attached hydrogens (tertiary/aromatic N) is 2. The molecule has 0 fully saturated rings. The highest BCUT2D eigenvalue weighted by atomic mass is 32.2. The summed E-state index contributed by atoms with van der Waals surface area (Å²) in [4.78, 5) is 23.5. The van der Waals surface area contributed by atoms with Gasteiger partial charge in [0.05, 0.1) is 10.4 Å². The number of fused-ring (bicyclic) bond motifs is 1. The molecule has 0 unspecified atom stereocenters. The van der Waals surface area contributed by atoms with Crippen LogP contribution < -0.4 is 5.56 Å². The average molecular weight is 328 g/mol. The molecule has 0 bridgehead atoms. The molecule has 1 N–H and O–H groups in total. The number of aryl methyl sites for hydroxylation is 1. The Morgan fingerprint density at radius 3 is 2.43 bits per heavy atom. The maximum absolute atomic E-state index is 12.5. The molecule has 0 amide bonds. The minimum atomic E-state index is -0.485. The van der Waals surface area contributed by atoms with Crippen molar-refractivity contribution in [3.05, 3.63) is 69.0 Å². The van der Waals surface area contributed by atoms with Gasteiger partial charge in [0.15, 0.2) is 0 Å². The van der Waals surface area contributed by atoms with E-state index in [1.165, 1.54) is 16.7 Å². The summed E-state index contributed by atoms with van der Waals surface area (Å²) in [5, 5.41) is 21.7. The Balaban J connectivity index is 2.10. The molecule has 1 aromatic heterocycles. The molecule has 0 atom stereocenters. The molecule has 0 radical (unpaired) electrons. The highest BCUT2D eigenvalue weighted by Crippen LogP contribution is 2.36. The molecule has 116 valence electrons. The van der Waals surface area contributed by atoms with Crippen LogP contribution in [-0.4, -0.2) is 14.6 Å². The Labute approximate surface area is 135 Å². The highest BCUT2D eigenvalue weighted by Gasteiger charge is 2.16. The number of rotatable bonds is 3. The van der Waals surface area contributed by atoms with E-state index in [1.807, 2.05) is 0 Å². The molecule has 0 aliphatic carbocycles. The second-order valence-electron chi connectivity index (χ2n) is 4.91. The van der Waals surface area contributed by atoms with E-state index in [9.17, 15) is 20.0 Å². The van der Waals surface area contributed by atoms with Gasteiger partial charge in [-0.15, -0.1) is 0 Å². The number of non-ortho nitro benzene ring substituents is 1. The number of nitro benzene ring substituents is 1. The minimum absolute atomic E-state index is 0.0232. The molecule has 2 aromatic carbocycles. The van der Waals surface area contributed by atoms with Crippen LogP contribution in [0.1, 0.15) is 0 Å². The molecule has 7 heteroatoms. The lowest BCUT2D eigenvalue weighted by Crippen LogP contribution is -2.18. The average Bonchev–Trinajstić information content (AvgIpc) is 2.57. The van der Waals surface area contributed by atoms with Crippen molar-refractivity contribution in [3.63, 3.8) is 0 Å². The van der Waals surface area contributed by atoms with Gasteiger partial charge in [0.25, 0.3) is 11.2 Å². The Morgan fingerprint density at radius 2 is 1.78 bits per heavy atom. The van der Waals surface area contributed by atoms with E-state index < -0.39 is 4.92 Å². The second-order valence-corrected chi connectivity index (χ2v) is 6.00. The first kappa shape index (κ1) is 15.1. The third kappa shape index (κ3) is 2.66. The van der Waals surface area contributed by atoms with Gasteiger partial charge in [0.1, 0.15) is 10.6 Å². The molecular weight excluding hydrogens is 316 g/mol. The number of aromatic nitrogens is 1. The van der Waals surface area contributed by atoms with Crippen molar-refractivity contribution >= 4 is 28.4 Å². The van der Waals surface area contributed by atoms with E-state index in [2.05, 4.69) is 0 Å². The van der Waals surface area contributed by atoms with Gasteiger partial charge in [-0.05, 0) is 24.3 Å². The van der Waals surface area contributed by atoms with Crippen LogP contribution >= 0.6 is 11.8 Å². The molecule has 1 heterocycles. The fourth-order valence-electron chi connectivity index (χ4n) is 2.30. The van der Waals surface area contributed by atoms with E-state index in [1.54, 1.807) is 43.4 Å². The Morgan fingerprint density at radius 1 is 1.13 bits per heavy atom. The first-order valence-corrected chi connectivity index (χ1v) is 7.53. The molecule has 23 heavy (non-hydrogen) atoms. The van der Waals surface area contributed by atoms with Crippen molar-refractivity contribution in [2.45, 2.75) is 9.79 Å². The molecule has 3 rings (SSSR count). The molecule has 6 nitrogen and oxygen atoms in total. The number of hydrogen-bond acceptors (Lipinski definition) is 5. The first-order valence-electron chi connectivity index (χ1n) is 6.72. The number of hydrogen-bond donors (Lipinski definition) is 1. The largest absolute Gasteiger partial charge is 0.506 e. The zero-order valence-corrected chi connectivity index (χ0v) is 12.9. The summed E-state index contributed by atoms with van der Waals surface area (Å²) in [6.07, 6.45) is 0. The first-order chi connectivity index (χ1) is 11.0. The van der Waals surface area contributed by atoms with Crippen LogP contribution in [0.2, 0.25) is 0 Å². The van der Waals surface area contributed by atoms with Crippen molar-refractivity contribution in [3.8, 4) is 5.75 Å². The summed E-state index contributed by atoms with van der Waals surface area (Å²) in [6, 6.07) is 12.9. The Bertz CT molecular complexity index is 964. The van der Waals surface area contributed by atoms with Gasteiger partial charge in [-0.2, -0.15) is 0 Å². The topological polar surface area (TPSA) is 85.4 Å². The van der Waals surface area contributed by atoms with E-state index >= 15 is 0 Å². The van der Waals surface area contributed by atoms with Gasteiger partial charge in [-0.3, -0.25) is 14.9 Å². The van der Waals surface area contributed by atoms with Crippen LogP contribution in [0.4, 0.5) is 5.69 Å². The summed E-state index contributed by atoms with van der Waals surface area (Å²) >= 11 is 1.08. The third-order valence-electron chi connectivity index (χ3n) is 3.50. The van der Waals surface area contributed by atoms with Crippen LogP contribution in [-0.2, 0) is 7.05 Å². The van der Waals surface area contributed by atoms with E-state index in [4.69, 9.17) is 0 Å². The third-order valence-corrected chi connectivity index (χ3v) is 4.58. The molecule has 0 aliphatic heterocycles. The smallest absolute Gasteiger partial charge is 0.269 e. The summed E-state index contributed by atoms with van der Waals surface area (Å²) in [6.45, 7) is 0. The van der Waals surface area contributed by atoms with Crippen LogP contribution in [0.5, 0.6) is 5.75 Å². The fraction of sp³-hybridized carbons (Fsp3) is 0.0625. The van der Waals surface area contributed by atoms with Crippen molar-refractivity contribution in [1.82, 2.24) is 4.57 Å². The minimum Gasteiger partial charge on any atom is -0.506 e. The number of benzene rings is 2. The van der Waals surface area contributed by atoms with Gasteiger partial charge in [-0.25, -0.2) is 0 Å². The maximum atomic E-state index is 12.5. The van der Waals surface area contributed by atoms with Gasteiger partial charge in [0.2, 0.25) is 0 Å². The second kappa shape index (κ2) is 5.77. The highest BCUT2D eigenvalue weighted by molar-refractivity contribution is 7.99. The molecule has 3 aromatic rings. The SMILES string of the molecule is Cn1c(=O)c(Sc2ccc([N+](=O)[O-])cc2)c(O)c2ccccc21.